The Bertz CT molecular complexity index is 1150. The van der Waals surface area contributed by atoms with Crippen molar-refractivity contribution in [2.75, 3.05) is 0 Å². The lowest BCUT2D eigenvalue weighted by Gasteiger charge is -2.08. The zero-order valence-corrected chi connectivity index (χ0v) is 16.3. The van der Waals surface area contributed by atoms with Gasteiger partial charge in [-0.25, -0.2) is 0 Å². The van der Waals surface area contributed by atoms with Gasteiger partial charge in [-0.2, -0.15) is 0 Å². The first-order valence-electron chi connectivity index (χ1n) is 9.40. The molecular formula is C23H20N4O2. The number of rotatable bonds is 6. The van der Waals surface area contributed by atoms with Crippen molar-refractivity contribution in [3.8, 4) is 22.7 Å². The highest BCUT2D eigenvalue weighted by Gasteiger charge is 2.15. The van der Waals surface area contributed by atoms with E-state index in [0.29, 0.717) is 30.0 Å². The second-order valence-corrected chi connectivity index (χ2v) is 6.91. The summed E-state index contributed by atoms with van der Waals surface area (Å²) in [5.74, 6) is 0.422. The van der Waals surface area contributed by atoms with Gasteiger partial charge in [0.15, 0.2) is 11.5 Å². The van der Waals surface area contributed by atoms with E-state index < -0.39 is 0 Å². The van der Waals surface area contributed by atoms with Gasteiger partial charge in [0, 0.05) is 42.3 Å². The second-order valence-electron chi connectivity index (χ2n) is 6.91. The van der Waals surface area contributed by atoms with Crippen molar-refractivity contribution in [2.24, 2.45) is 0 Å². The van der Waals surface area contributed by atoms with E-state index in [2.05, 4.69) is 26.2 Å². The van der Waals surface area contributed by atoms with Gasteiger partial charge in [-0.15, -0.1) is 0 Å². The Morgan fingerprint density at radius 1 is 1.00 bits per heavy atom. The van der Waals surface area contributed by atoms with Crippen molar-refractivity contribution in [1.29, 1.82) is 0 Å². The van der Waals surface area contributed by atoms with Crippen molar-refractivity contribution < 1.29 is 9.32 Å². The van der Waals surface area contributed by atoms with Gasteiger partial charge in [-0.05, 0) is 55.7 Å². The summed E-state index contributed by atoms with van der Waals surface area (Å²) in [5.41, 5.74) is 5.98. The lowest BCUT2D eigenvalue weighted by Crippen LogP contribution is -2.02. The molecule has 4 aromatic heterocycles. The fourth-order valence-electron chi connectivity index (χ4n) is 3.19. The number of hydrogen-bond donors (Lipinski definition) is 0. The molecule has 6 nitrogen and oxygen atoms in total. The van der Waals surface area contributed by atoms with Gasteiger partial charge in [-0.3, -0.25) is 19.7 Å². The average molecular weight is 384 g/mol. The summed E-state index contributed by atoms with van der Waals surface area (Å²) in [7, 11) is 0. The molecule has 29 heavy (non-hydrogen) atoms. The monoisotopic (exact) mass is 384 g/mol. The van der Waals surface area contributed by atoms with Crippen LogP contribution in [0.4, 0.5) is 0 Å². The van der Waals surface area contributed by atoms with Crippen LogP contribution in [0.5, 0.6) is 0 Å². The second kappa shape index (κ2) is 8.14. The summed E-state index contributed by atoms with van der Waals surface area (Å²) in [6.07, 6.45) is 6.21. The summed E-state index contributed by atoms with van der Waals surface area (Å²) in [4.78, 5) is 25.5. The number of ketones is 1. The maximum absolute atomic E-state index is 12.5. The third-order valence-corrected chi connectivity index (χ3v) is 4.66. The Morgan fingerprint density at radius 2 is 1.90 bits per heavy atom. The molecule has 0 saturated heterocycles. The molecule has 0 saturated carbocycles. The smallest absolute Gasteiger partial charge is 0.185 e. The molecule has 0 aromatic carbocycles. The minimum Gasteiger partial charge on any atom is -0.354 e. The molecule has 144 valence electrons. The van der Waals surface area contributed by atoms with Crippen molar-refractivity contribution >= 4 is 5.78 Å². The van der Waals surface area contributed by atoms with Crippen LogP contribution in [0.2, 0.25) is 0 Å². The van der Waals surface area contributed by atoms with Crippen LogP contribution in [0.1, 0.15) is 33.7 Å². The number of aryl methyl sites for hydroxylation is 3. The summed E-state index contributed by atoms with van der Waals surface area (Å²) < 4.78 is 5.27. The molecule has 0 aliphatic rings. The molecule has 0 spiro atoms. The molecule has 0 radical (unpaired) electrons. The molecule has 0 atom stereocenters. The highest BCUT2D eigenvalue weighted by atomic mass is 16.5. The van der Waals surface area contributed by atoms with E-state index in [1.807, 2.05) is 50.4 Å². The Labute approximate surface area is 168 Å². The van der Waals surface area contributed by atoms with E-state index in [1.54, 1.807) is 18.5 Å². The molecular weight excluding hydrogens is 364 g/mol. The molecule has 4 heterocycles. The third-order valence-electron chi connectivity index (χ3n) is 4.66. The zero-order valence-electron chi connectivity index (χ0n) is 16.3. The number of pyridine rings is 3. The van der Waals surface area contributed by atoms with Crippen LogP contribution < -0.4 is 0 Å². The van der Waals surface area contributed by atoms with Crippen LogP contribution >= 0.6 is 0 Å². The van der Waals surface area contributed by atoms with Crippen LogP contribution in [0.15, 0.2) is 65.6 Å². The molecule has 4 aromatic rings. The van der Waals surface area contributed by atoms with Crippen LogP contribution in [-0.2, 0) is 6.42 Å². The number of Topliss-reactive ketones (excluding diaryl/α,β-unsaturated/α-hetero) is 1. The summed E-state index contributed by atoms with van der Waals surface area (Å²) in [6, 6.07) is 13.2. The number of nitrogens with zero attached hydrogens (tertiary/aromatic N) is 4. The van der Waals surface area contributed by atoms with Gasteiger partial charge in [0.2, 0.25) is 0 Å². The molecule has 0 fully saturated rings. The molecule has 4 rings (SSSR count). The van der Waals surface area contributed by atoms with Gasteiger partial charge < -0.3 is 4.52 Å². The van der Waals surface area contributed by atoms with Gasteiger partial charge in [-0.1, -0.05) is 17.3 Å². The van der Waals surface area contributed by atoms with Crippen LogP contribution in [0.3, 0.4) is 0 Å². The maximum atomic E-state index is 12.5. The predicted octanol–water partition coefficient (Wildman–Crippen LogP) is 4.63. The lowest BCUT2D eigenvalue weighted by atomic mass is 10.0. The fourth-order valence-corrected chi connectivity index (χ4v) is 3.19. The largest absolute Gasteiger partial charge is 0.354 e. The molecule has 0 unspecified atom stereocenters. The molecule has 6 heteroatoms. The van der Waals surface area contributed by atoms with Gasteiger partial charge >= 0.3 is 0 Å². The van der Waals surface area contributed by atoms with E-state index in [-0.39, 0.29) is 5.78 Å². The number of hydrogen-bond acceptors (Lipinski definition) is 6. The van der Waals surface area contributed by atoms with Gasteiger partial charge in [0.1, 0.15) is 11.4 Å². The fraction of sp³-hybridized carbons (Fsp3) is 0.174. The Hall–Kier alpha value is -3.67. The highest BCUT2D eigenvalue weighted by Crippen LogP contribution is 2.23. The maximum Gasteiger partial charge on any atom is 0.185 e. The minimum absolute atomic E-state index is 0.0672. The first kappa shape index (κ1) is 18.7. The Kier molecular flexibility index (Phi) is 5.24. The topological polar surface area (TPSA) is 81.8 Å². The van der Waals surface area contributed by atoms with Gasteiger partial charge in [0.25, 0.3) is 0 Å². The lowest BCUT2D eigenvalue weighted by molar-refractivity contribution is 0.0974. The Morgan fingerprint density at radius 3 is 2.66 bits per heavy atom. The van der Waals surface area contributed by atoms with Crippen LogP contribution in [-0.4, -0.2) is 25.9 Å². The summed E-state index contributed by atoms with van der Waals surface area (Å²) in [6.45, 7) is 3.99. The standard InChI is InChI=1S/C23H20N4O2/c1-15-11-17(14-26-23(15)18-8-10-24-16(2)12-18)6-7-21(28)20-13-22(29-27-20)19-5-3-4-9-25-19/h3-5,8-14H,6-7H2,1-2H3. The molecule has 0 N–H and O–H groups in total. The SMILES string of the molecule is Cc1cc(-c2ncc(CCC(=O)c3cc(-c4ccccn4)on3)cc2C)ccn1. The van der Waals surface area contributed by atoms with Gasteiger partial charge in [0.05, 0.1) is 5.69 Å². The van der Waals surface area contributed by atoms with Crippen molar-refractivity contribution in [3.05, 3.63) is 83.6 Å². The number of aromatic nitrogens is 4. The summed E-state index contributed by atoms with van der Waals surface area (Å²) >= 11 is 0. The first-order chi connectivity index (χ1) is 14.1. The molecule has 0 amide bonds. The first-order valence-corrected chi connectivity index (χ1v) is 9.40. The number of carbonyl (C=O) groups excluding carboxylic acids is 1. The number of carbonyl (C=O) groups is 1. The van der Waals surface area contributed by atoms with E-state index >= 15 is 0 Å². The predicted molar refractivity (Wildman–Crippen MR) is 109 cm³/mol. The van der Waals surface area contributed by atoms with E-state index in [0.717, 1.165) is 28.1 Å². The normalized spacial score (nSPS) is 10.8. The summed E-state index contributed by atoms with van der Waals surface area (Å²) in [5, 5.41) is 3.90. The third kappa shape index (κ3) is 4.27. The van der Waals surface area contributed by atoms with Crippen molar-refractivity contribution in [1.82, 2.24) is 20.1 Å². The highest BCUT2D eigenvalue weighted by molar-refractivity contribution is 5.95. The van der Waals surface area contributed by atoms with Crippen LogP contribution in [0.25, 0.3) is 22.7 Å². The quantitative estimate of drug-likeness (QED) is 0.451. The van der Waals surface area contributed by atoms with E-state index in [1.165, 1.54) is 0 Å². The van der Waals surface area contributed by atoms with Crippen molar-refractivity contribution in [2.45, 2.75) is 26.7 Å². The molecule has 0 aliphatic heterocycles. The zero-order chi connectivity index (χ0) is 20.2. The van der Waals surface area contributed by atoms with Crippen LogP contribution in [0, 0.1) is 13.8 Å². The molecule has 0 bridgehead atoms. The van der Waals surface area contributed by atoms with E-state index in [9.17, 15) is 4.79 Å². The average Bonchev–Trinajstić information content (AvgIpc) is 3.23. The van der Waals surface area contributed by atoms with Crippen molar-refractivity contribution in [3.63, 3.8) is 0 Å². The van der Waals surface area contributed by atoms with E-state index in [4.69, 9.17) is 4.52 Å². The minimum atomic E-state index is -0.0672. The molecule has 0 aliphatic carbocycles. The Balaban J connectivity index is 1.43.